The Morgan fingerprint density at radius 2 is 0.815 bits per heavy atom. The van der Waals surface area contributed by atoms with Crippen molar-refractivity contribution in [1.29, 1.82) is 0 Å². The highest BCUT2D eigenvalue weighted by atomic mass is 16.3. The number of hydrogen-bond acceptors (Lipinski definition) is 2. The molecular formula is C62H40N2O. The summed E-state index contributed by atoms with van der Waals surface area (Å²) in [6, 6.07) is 87.7. The molecule has 13 aromatic rings. The highest BCUT2D eigenvalue weighted by Crippen LogP contribution is 2.43. The molecular weight excluding hydrogens is 789 g/mol. The van der Waals surface area contributed by atoms with Gasteiger partial charge in [0.25, 0.3) is 0 Å². The molecule has 0 bridgehead atoms. The Morgan fingerprint density at radius 3 is 1.55 bits per heavy atom. The minimum Gasteiger partial charge on any atom is -0.455 e. The van der Waals surface area contributed by atoms with Crippen LogP contribution in [0, 0.1) is 0 Å². The van der Waals surface area contributed by atoms with Crippen LogP contribution < -0.4 is 4.90 Å². The fourth-order valence-corrected chi connectivity index (χ4v) is 10.1. The topological polar surface area (TPSA) is 21.3 Å². The van der Waals surface area contributed by atoms with Crippen molar-refractivity contribution in [3.63, 3.8) is 0 Å². The zero-order valence-electron chi connectivity index (χ0n) is 35.4. The Bertz CT molecular complexity index is 3910. The number of rotatable bonds is 7. The second-order valence-corrected chi connectivity index (χ2v) is 16.9. The van der Waals surface area contributed by atoms with Crippen molar-refractivity contribution in [3.05, 3.63) is 243 Å². The average Bonchev–Trinajstić information content (AvgIpc) is 3.93. The van der Waals surface area contributed by atoms with Gasteiger partial charge >= 0.3 is 0 Å². The van der Waals surface area contributed by atoms with E-state index in [4.69, 9.17) is 4.42 Å². The molecule has 2 aromatic heterocycles. The molecule has 13 rings (SSSR count). The highest BCUT2D eigenvalue weighted by Gasteiger charge is 2.19. The third-order valence-corrected chi connectivity index (χ3v) is 13.2. The van der Waals surface area contributed by atoms with Gasteiger partial charge in [-0.05, 0) is 111 Å². The molecule has 0 unspecified atom stereocenters. The molecule has 11 aromatic carbocycles. The van der Waals surface area contributed by atoms with Crippen molar-refractivity contribution >= 4 is 82.4 Å². The monoisotopic (exact) mass is 828 g/mol. The number of aromatic nitrogens is 1. The van der Waals surface area contributed by atoms with E-state index in [1.807, 2.05) is 0 Å². The Hall–Kier alpha value is -8.66. The Morgan fingerprint density at radius 1 is 0.292 bits per heavy atom. The van der Waals surface area contributed by atoms with Gasteiger partial charge in [-0.25, -0.2) is 0 Å². The van der Waals surface area contributed by atoms with E-state index < -0.39 is 0 Å². The lowest BCUT2D eigenvalue weighted by Gasteiger charge is -2.27. The molecule has 0 aliphatic carbocycles. The van der Waals surface area contributed by atoms with Crippen LogP contribution in [0.5, 0.6) is 0 Å². The van der Waals surface area contributed by atoms with Crippen LogP contribution in [0.3, 0.4) is 0 Å². The van der Waals surface area contributed by atoms with Gasteiger partial charge in [0, 0.05) is 55.2 Å². The first-order valence-corrected chi connectivity index (χ1v) is 22.2. The number of nitrogens with zero attached hydrogens (tertiary/aromatic N) is 2. The summed E-state index contributed by atoms with van der Waals surface area (Å²) in [6.45, 7) is 0. The van der Waals surface area contributed by atoms with Crippen LogP contribution in [0.1, 0.15) is 0 Å². The van der Waals surface area contributed by atoms with E-state index in [0.717, 1.165) is 72.3 Å². The van der Waals surface area contributed by atoms with Crippen molar-refractivity contribution in [2.24, 2.45) is 0 Å². The number of furan rings is 1. The Labute approximate surface area is 376 Å². The molecule has 0 saturated carbocycles. The summed E-state index contributed by atoms with van der Waals surface area (Å²) in [7, 11) is 0. The number of para-hydroxylation sites is 3. The van der Waals surface area contributed by atoms with Crippen molar-refractivity contribution in [1.82, 2.24) is 4.57 Å². The fourth-order valence-electron chi connectivity index (χ4n) is 10.1. The van der Waals surface area contributed by atoms with Crippen LogP contribution in [0.25, 0.3) is 104 Å². The van der Waals surface area contributed by atoms with E-state index >= 15 is 0 Å². The maximum atomic E-state index is 6.83. The van der Waals surface area contributed by atoms with Crippen LogP contribution >= 0.6 is 0 Å². The lowest BCUT2D eigenvalue weighted by Crippen LogP contribution is -2.10. The number of anilines is 3. The molecule has 0 amide bonds. The van der Waals surface area contributed by atoms with Gasteiger partial charge in [0.1, 0.15) is 11.2 Å². The van der Waals surface area contributed by atoms with E-state index in [2.05, 4.69) is 252 Å². The molecule has 3 heteroatoms. The second kappa shape index (κ2) is 15.0. The molecule has 3 nitrogen and oxygen atoms in total. The largest absolute Gasteiger partial charge is 0.455 e. The second-order valence-electron chi connectivity index (χ2n) is 16.9. The van der Waals surface area contributed by atoms with Crippen LogP contribution in [0.2, 0.25) is 0 Å². The quantitative estimate of drug-likeness (QED) is 0.160. The van der Waals surface area contributed by atoms with Crippen LogP contribution in [0.4, 0.5) is 17.1 Å². The average molecular weight is 829 g/mol. The molecule has 65 heavy (non-hydrogen) atoms. The van der Waals surface area contributed by atoms with E-state index in [1.54, 1.807) is 0 Å². The minimum absolute atomic E-state index is 0.896. The standard InChI is InChI=1S/C62H40N2O/c1-3-23-51-42(14-1)16-12-27-52(51)45-18-10-20-48(39-45)63(49-21-11-19-46(40-49)54-28-13-29-57-58-37-34-43-15-2-4-24-53(43)61(58)65-62(54)57)47-35-32-41(33-36-47)44-17-9-22-50(38-44)64-59-30-7-5-25-55(59)56-26-6-8-31-60(56)64/h1-40H. The molecule has 0 aliphatic heterocycles. The molecule has 0 radical (unpaired) electrons. The minimum atomic E-state index is 0.896. The van der Waals surface area contributed by atoms with Crippen LogP contribution in [0.15, 0.2) is 247 Å². The van der Waals surface area contributed by atoms with Gasteiger partial charge in [0.05, 0.1) is 11.0 Å². The summed E-state index contributed by atoms with van der Waals surface area (Å²) >= 11 is 0. The number of fused-ring (bicyclic) bond motifs is 9. The van der Waals surface area contributed by atoms with Crippen molar-refractivity contribution in [2.75, 3.05) is 4.90 Å². The van der Waals surface area contributed by atoms with Gasteiger partial charge in [0.15, 0.2) is 0 Å². The molecule has 0 saturated heterocycles. The maximum absolute atomic E-state index is 6.83. The van der Waals surface area contributed by atoms with Crippen LogP contribution in [-0.4, -0.2) is 4.57 Å². The molecule has 304 valence electrons. The lowest BCUT2D eigenvalue weighted by atomic mass is 9.97. The summed E-state index contributed by atoms with van der Waals surface area (Å²) in [5, 5.41) is 9.52. The van der Waals surface area contributed by atoms with Crippen molar-refractivity contribution in [3.8, 4) is 39.1 Å². The zero-order chi connectivity index (χ0) is 42.8. The van der Waals surface area contributed by atoms with E-state index in [0.29, 0.717) is 0 Å². The van der Waals surface area contributed by atoms with Crippen molar-refractivity contribution < 1.29 is 4.42 Å². The third-order valence-electron chi connectivity index (χ3n) is 13.2. The van der Waals surface area contributed by atoms with Gasteiger partial charge in [-0.3, -0.25) is 0 Å². The first-order valence-electron chi connectivity index (χ1n) is 22.2. The van der Waals surface area contributed by atoms with Crippen LogP contribution in [-0.2, 0) is 0 Å². The zero-order valence-corrected chi connectivity index (χ0v) is 35.4. The highest BCUT2D eigenvalue weighted by molar-refractivity contribution is 6.17. The summed E-state index contributed by atoms with van der Waals surface area (Å²) < 4.78 is 9.22. The molecule has 0 spiro atoms. The Balaban J connectivity index is 0.941. The number of benzene rings is 11. The number of hydrogen-bond donors (Lipinski definition) is 0. The maximum Gasteiger partial charge on any atom is 0.143 e. The predicted molar refractivity (Wildman–Crippen MR) is 274 cm³/mol. The van der Waals surface area contributed by atoms with Gasteiger partial charge < -0.3 is 13.9 Å². The summed E-state index contributed by atoms with van der Waals surface area (Å²) in [4.78, 5) is 2.38. The lowest BCUT2D eigenvalue weighted by molar-refractivity contribution is 0.674. The fraction of sp³-hybridized carbons (Fsp3) is 0. The van der Waals surface area contributed by atoms with Gasteiger partial charge in [0.2, 0.25) is 0 Å². The predicted octanol–water partition coefficient (Wildman–Crippen LogP) is 17.5. The normalized spacial score (nSPS) is 11.7. The van der Waals surface area contributed by atoms with E-state index in [1.165, 1.54) is 49.1 Å². The smallest absolute Gasteiger partial charge is 0.143 e. The van der Waals surface area contributed by atoms with Gasteiger partial charge in [-0.2, -0.15) is 0 Å². The molecule has 0 atom stereocenters. The summed E-state index contributed by atoms with van der Waals surface area (Å²) in [6.07, 6.45) is 0. The van der Waals surface area contributed by atoms with Crippen molar-refractivity contribution in [2.45, 2.75) is 0 Å². The molecule has 0 aliphatic rings. The summed E-state index contributed by atoms with van der Waals surface area (Å²) in [5.41, 5.74) is 15.4. The molecule has 0 fully saturated rings. The Kier molecular flexibility index (Phi) is 8.53. The van der Waals surface area contributed by atoms with Gasteiger partial charge in [-0.15, -0.1) is 0 Å². The molecule has 0 N–H and O–H groups in total. The van der Waals surface area contributed by atoms with E-state index in [9.17, 15) is 0 Å². The van der Waals surface area contributed by atoms with E-state index in [-0.39, 0.29) is 0 Å². The van der Waals surface area contributed by atoms with Gasteiger partial charge in [-0.1, -0.05) is 176 Å². The SMILES string of the molecule is c1cc(-c2cccc3ccccc23)cc(N(c2ccc(-c3cccc(-n4c5ccccc5c5ccccc54)c3)cc2)c2cccc(-c3cccc4c3oc3c5ccccc5ccc43)c2)c1. The third kappa shape index (κ3) is 6.12. The first kappa shape index (κ1) is 36.9. The molecule has 2 heterocycles. The summed E-state index contributed by atoms with van der Waals surface area (Å²) in [5.74, 6) is 0. The first-order chi connectivity index (χ1) is 32.2.